The van der Waals surface area contributed by atoms with Gasteiger partial charge in [0.2, 0.25) is 0 Å². The van der Waals surface area contributed by atoms with Gasteiger partial charge in [0.05, 0.1) is 17.7 Å². The fourth-order valence-electron chi connectivity index (χ4n) is 2.74. The highest BCUT2D eigenvalue weighted by molar-refractivity contribution is 5.89. The molecule has 1 aromatic heterocycles. The highest BCUT2D eigenvalue weighted by atomic mass is 19.4. The van der Waals surface area contributed by atoms with E-state index in [0.29, 0.717) is 5.56 Å². The largest absolute Gasteiger partial charge is 0.478 e. The van der Waals surface area contributed by atoms with Crippen LogP contribution in [0.1, 0.15) is 21.5 Å². The summed E-state index contributed by atoms with van der Waals surface area (Å²) >= 11 is 0. The zero-order chi connectivity index (χ0) is 18.2. The predicted octanol–water partition coefficient (Wildman–Crippen LogP) is 3.77. The van der Waals surface area contributed by atoms with Gasteiger partial charge in [0, 0.05) is 17.0 Å². The van der Waals surface area contributed by atoms with E-state index in [0.717, 1.165) is 6.07 Å². The highest BCUT2D eigenvalue weighted by Gasteiger charge is 2.32. The van der Waals surface area contributed by atoms with Crippen molar-refractivity contribution in [2.45, 2.75) is 12.7 Å². The van der Waals surface area contributed by atoms with E-state index in [1.807, 2.05) is 0 Å². The molecular weight excluding hydrogens is 335 g/mol. The van der Waals surface area contributed by atoms with Crippen molar-refractivity contribution in [1.29, 1.82) is 0 Å². The SMILES string of the molecule is O=C(O)c1ccccc1Cn1ccc2c(C(F)(F)F)cccc2c1=O. The Bertz CT molecular complexity index is 1020. The molecule has 4 nitrogen and oxygen atoms in total. The molecular formula is C18H12F3NO3. The van der Waals surface area contributed by atoms with Crippen molar-refractivity contribution in [3.05, 3.63) is 81.8 Å². The molecule has 3 rings (SSSR count). The van der Waals surface area contributed by atoms with Crippen molar-refractivity contribution < 1.29 is 23.1 Å². The summed E-state index contributed by atoms with van der Waals surface area (Å²) in [7, 11) is 0. The molecule has 25 heavy (non-hydrogen) atoms. The van der Waals surface area contributed by atoms with E-state index < -0.39 is 23.3 Å². The molecule has 0 spiro atoms. The van der Waals surface area contributed by atoms with Gasteiger partial charge in [-0.25, -0.2) is 4.79 Å². The summed E-state index contributed by atoms with van der Waals surface area (Å²) in [4.78, 5) is 23.8. The molecule has 0 fully saturated rings. The average Bonchev–Trinajstić information content (AvgIpc) is 2.56. The highest BCUT2D eigenvalue weighted by Crippen LogP contribution is 2.33. The minimum atomic E-state index is -4.56. The molecule has 0 saturated heterocycles. The van der Waals surface area contributed by atoms with Crippen molar-refractivity contribution >= 4 is 16.7 Å². The van der Waals surface area contributed by atoms with Gasteiger partial charge >= 0.3 is 12.1 Å². The summed E-state index contributed by atoms with van der Waals surface area (Å²) in [5.41, 5.74) is -1.05. The van der Waals surface area contributed by atoms with Gasteiger partial charge in [0.25, 0.3) is 5.56 Å². The Morgan fingerprint density at radius 3 is 2.40 bits per heavy atom. The maximum Gasteiger partial charge on any atom is 0.417 e. The minimum Gasteiger partial charge on any atom is -0.478 e. The second-order valence-electron chi connectivity index (χ2n) is 5.48. The Hall–Kier alpha value is -3.09. The first-order valence-corrected chi connectivity index (χ1v) is 7.29. The van der Waals surface area contributed by atoms with E-state index in [4.69, 9.17) is 0 Å². The molecule has 0 atom stereocenters. The number of aromatic carboxylic acids is 1. The Balaban J connectivity index is 2.13. The summed E-state index contributed by atoms with van der Waals surface area (Å²) in [5, 5.41) is 8.96. The van der Waals surface area contributed by atoms with Gasteiger partial charge in [-0.1, -0.05) is 24.3 Å². The summed E-state index contributed by atoms with van der Waals surface area (Å²) in [6.07, 6.45) is -3.31. The molecule has 0 aliphatic heterocycles. The first kappa shape index (κ1) is 16.8. The molecule has 128 valence electrons. The van der Waals surface area contributed by atoms with Crippen molar-refractivity contribution in [2.24, 2.45) is 0 Å². The number of hydrogen-bond donors (Lipinski definition) is 1. The van der Waals surface area contributed by atoms with Gasteiger partial charge in [-0.05, 0) is 29.8 Å². The molecule has 3 aromatic rings. The van der Waals surface area contributed by atoms with Crippen molar-refractivity contribution in [1.82, 2.24) is 4.57 Å². The smallest absolute Gasteiger partial charge is 0.417 e. The lowest BCUT2D eigenvalue weighted by atomic mass is 10.0. The van der Waals surface area contributed by atoms with Crippen LogP contribution in [0.25, 0.3) is 10.8 Å². The quantitative estimate of drug-likeness (QED) is 0.785. The number of alkyl halides is 3. The maximum absolute atomic E-state index is 13.1. The number of rotatable bonds is 3. The zero-order valence-corrected chi connectivity index (χ0v) is 12.7. The topological polar surface area (TPSA) is 59.3 Å². The number of hydrogen-bond acceptors (Lipinski definition) is 2. The molecule has 0 saturated carbocycles. The van der Waals surface area contributed by atoms with Gasteiger partial charge < -0.3 is 9.67 Å². The van der Waals surface area contributed by atoms with Crippen molar-refractivity contribution in [2.75, 3.05) is 0 Å². The summed E-state index contributed by atoms with van der Waals surface area (Å²) < 4.78 is 40.4. The van der Waals surface area contributed by atoms with Crippen LogP contribution in [0.2, 0.25) is 0 Å². The van der Waals surface area contributed by atoms with Crippen LogP contribution in [-0.2, 0) is 12.7 Å². The van der Waals surface area contributed by atoms with Crippen LogP contribution in [0.3, 0.4) is 0 Å². The Morgan fingerprint density at radius 2 is 1.72 bits per heavy atom. The third kappa shape index (κ3) is 3.13. The summed E-state index contributed by atoms with van der Waals surface area (Å²) in [6, 6.07) is 10.8. The number of nitrogens with zero attached hydrogens (tertiary/aromatic N) is 1. The van der Waals surface area contributed by atoms with Crippen LogP contribution in [0.4, 0.5) is 13.2 Å². The fraction of sp³-hybridized carbons (Fsp3) is 0.111. The molecule has 1 N–H and O–H groups in total. The van der Waals surface area contributed by atoms with E-state index in [2.05, 4.69) is 0 Å². The molecule has 0 aliphatic carbocycles. The summed E-state index contributed by atoms with van der Waals surface area (Å²) in [6.45, 7) is -0.0481. The predicted molar refractivity (Wildman–Crippen MR) is 85.7 cm³/mol. The van der Waals surface area contributed by atoms with Crippen molar-refractivity contribution in [3.8, 4) is 0 Å². The first-order valence-electron chi connectivity index (χ1n) is 7.29. The zero-order valence-electron chi connectivity index (χ0n) is 12.7. The third-order valence-electron chi connectivity index (χ3n) is 3.91. The number of carbonyl (C=O) groups is 1. The molecule has 1 heterocycles. The maximum atomic E-state index is 13.1. The second kappa shape index (κ2) is 6.08. The number of carboxylic acid groups (broad SMARTS) is 1. The number of fused-ring (bicyclic) bond motifs is 1. The van der Waals surface area contributed by atoms with Crippen LogP contribution in [-0.4, -0.2) is 15.6 Å². The molecule has 7 heteroatoms. The van der Waals surface area contributed by atoms with Crippen LogP contribution in [0, 0.1) is 0 Å². The molecule has 0 radical (unpaired) electrons. The van der Waals surface area contributed by atoms with Gasteiger partial charge in [-0.15, -0.1) is 0 Å². The van der Waals surface area contributed by atoms with Gasteiger partial charge in [0.15, 0.2) is 0 Å². The molecule has 0 aliphatic rings. The monoisotopic (exact) mass is 347 g/mol. The standard InChI is InChI=1S/C18H12F3NO3/c19-18(20,21)15-7-3-6-14-13(15)8-9-22(16(14)23)10-11-4-1-2-5-12(11)17(24)25/h1-9H,10H2,(H,24,25). The lowest BCUT2D eigenvalue weighted by Crippen LogP contribution is -2.22. The van der Waals surface area contributed by atoms with E-state index in [-0.39, 0.29) is 22.9 Å². The van der Waals surface area contributed by atoms with E-state index >= 15 is 0 Å². The summed E-state index contributed by atoms with van der Waals surface area (Å²) in [5.74, 6) is -1.14. The van der Waals surface area contributed by atoms with Crippen LogP contribution >= 0.6 is 0 Å². The fourth-order valence-corrected chi connectivity index (χ4v) is 2.74. The van der Waals surface area contributed by atoms with E-state index in [9.17, 15) is 27.9 Å². The number of carboxylic acids is 1. The van der Waals surface area contributed by atoms with Crippen LogP contribution in [0.15, 0.2) is 59.5 Å². The number of pyridine rings is 1. The van der Waals surface area contributed by atoms with E-state index in [1.165, 1.54) is 35.0 Å². The lowest BCUT2D eigenvalue weighted by Gasteiger charge is -2.13. The van der Waals surface area contributed by atoms with Gasteiger partial charge in [0.1, 0.15) is 0 Å². The van der Waals surface area contributed by atoms with Gasteiger partial charge in [-0.3, -0.25) is 4.79 Å². The average molecular weight is 347 g/mol. The van der Waals surface area contributed by atoms with Crippen LogP contribution < -0.4 is 5.56 Å². The second-order valence-corrected chi connectivity index (χ2v) is 5.48. The van der Waals surface area contributed by atoms with Gasteiger partial charge in [-0.2, -0.15) is 13.2 Å². The Kier molecular flexibility index (Phi) is 4.08. The lowest BCUT2D eigenvalue weighted by molar-refractivity contribution is -0.136. The number of aromatic nitrogens is 1. The Morgan fingerprint density at radius 1 is 1.00 bits per heavy atom. The van der Waals surface area contributed by atoms with E-state index in [1.54, 1.807) is 18.2 Å². The normalized spacial score (nSPS) is 11.6. The van der Waals surface area contributed by atoms with Crippen LogP contribution in [0.5, 0.6) is 0 Å². The van der Waals surface area contributed by atoms with Crippen molar-refractivity contribution in [3.63, 3.8) is 0 Å². The number of halogens is 3. The third-order valence-corrected chi connectivity index (χ3v) is 3.91. The molecule has 0 bridgehead atoms. The minimum absolute atomic E-state index is 0.0403. The first-order chi connectivity index (χ1) is 11.8. The molecule has 2 aromatic carbocycles. The molecule has 0 amide bonds. The Labute approximate surface area is 139 Å². The number of benzene rings is 2. The molecule has 0 unspecified atom stereocenters.